The molecule has 0 unspecified atom stereocenters. The Hall–Kier alpha value is -2.71. The lowest BCUT2D eigenvalue weighted by atomic mass is 10.0. The zero-order valence-electron chi connectivity index (χ0n) is 15.2. The van der Waals surface area contributed by atoms with Crippen molar-refractivity contribution in [2.75, 3.05) is 25.0 Å². The van der Waals surface area contributed by atoms with E-state index in [0.717, 1.165) is 15.4 Å². The van der Waals surface area contributed by atoms with Gasteiger partial charge in [-0.05, 0) is 49.2 Å². The van der Waals surface area contributed by atoms with Crippen LogP contribution in [0.25, 0.3) is 0 Å². The van der Waals surface area contributed by atoms with Crippen LogP contribution in [0.1, 0.15) is 21.5 Å². The van der Waals surface area contributed by atoms with Gasteiger partial charge in [0.2, 0.25) is 15.9 Å². The first kappa shape index (κ1) is 19.1. The molecule has 0 saturated carbocycles. The fourth-order valence-electron chi connectivity index (χ4n) is 2.90. The second-order valence-electron chi connectivity index (χ2n) is 6.42. The van der Waals surface area contributed by atoms with E-state index in [1.165, 1.54) is 12.1 Å². The molecule has 0 atom stereocenters. The summed E-state index contributed by atoms with van der Waals surface area (Å²) in [6, 6.07) is 11.5. The van der Waals surface area contributed by atoms with E-state index in [1.807, 2.05) is 19.9 Å². The minimum absolute atomic E-state index is 0.0379. The number of anilines is 1. The summed E-state index contributed by atoms with van der Waals surface area (Å²) in [4.78, 5) is 24.1. The highest BCUT2D eigenvalue weighted by molar-refractivity contribution is 7.89. The van der Waals surface area contributed by atoms with E-state index in [2.05, 4.69) is 10.6 Å². The van der Waals surface area contributed by atoms with Crippen molar-refractivity contribution in [3.63, 3.8) is 0 Å². The Kier molecular flexibility index (Phi) is 5.29. The maximum atomic E-state index is 12.8. The molecule has 8 heteroatoms. The number of hydrogen-bond acceptors (Lipinski definition) is 4. The van der Waals surface area contributed by atoms with Crippen molar-refractivity contribution in [1.29, 1.82) is 0 Å². The summed E-state index contributed by atoms with van der Waals surface area (Å²) >= 11 is 0. The Labute approximate surface area is 158 Å². The summed E-state index contributed by atoms with van der Waals surface area (Å²) in [5.41, 5.74) is 2.79. The number of sulfonamides is 1. The average Bonchev–Trinajstić information content (AvgIpc) is 2.64. The Balaban J connectivity index is 1.84. The van der Waals surface area contributed by atoms with Crippen LogP contribution in [0.2, 0.25) is 0 Å². The highest BCUT2D eigenvalue weighted by Crippen LogP contribution is 2.21. The summed E-state index contributed by atoms with van der Waals surface area (Å²) < 4.78 is 26.7. The SMILES string of the molecule is Cc1cccc(C(=O)Nc2cccc(S(=O)(=O)N3CCNC(=O)C3)c2)c1C. The largest absolute Gasteiger partial charge is 0.354 e. The number of rotatable bonds is 4. The molecular weight excluding hydrogens is 366 g/mol. The van der Waals surface area contributed by atoms with E-state index in [4.69, 9.17) is 0 Å². The van der Waals surface area contributed by atoms with Gasteiger partial charge in [0.15, 0.2) is 0 Å². The molecule has 0 aromatic heterocycles. The van der Waals surface area contributed by atoms with Crippen LogP contribution in [0.4, 0.5) is 5.69 Å². The molecule has 2 aromatic rings. The second-order valence-corrected chi connectivity index (χ2v) is 8.36. The lowest BCUT2D eigenvalue weighted by Crippen LogP contribution is -2.49. The van der Waals surface area contributed by atoms with Gasteiger partial charge in [-0.2, -0.15) is 4.31 Å². The maximum absolute atomic E-state index is 12.8. The molecule has 0 aliphatic carbocycles. The summed E-state index contributed by atoms with van der Waals surface area (Å²) in [7, 11) is -3.81. The quantitative estimate of drug-likeness (QED) is 0.834. The van der Waals surface area contributed by atoms with Crippen LogP contribution < -0.4 is 10.6 Å². The molecule has 1 saturated heterocycles. The molecule has 3 rings (SSSR count). The van der Waals surface area contributed by atoms with E-state index in [0.29, 0.717) is 11.3 Å². The number of piperazine rings is 1. The van der Waals surface area contributed by atoms with Crippen molar-refractivity contribution < 1.29 is 18.0 Å². The van der Waals surface area contributed by atoms with Gasteiger partial charge in [0, 0.05) is 24.3 Å². The first-order valence-electron chi connectivity index (χ1n) is 8.53. The molecule has 7 nitrogen and oxygen atoms in total. The number of aryl methyl sites for hydroxylation is 1. The molecule has 1 aliphatic heterocycles. The van der Waals surface area contributed by atoms with Gasteiger partial charge in [-0.3, -0.25) is 9.59 Å². The van der Waals surface area contributed by atoms with Gasteiger partial charge in [0.25, 0.3) is 5.91 Å². The number of nitrogens with zero attached hydrogens (tertiary/aromatic N) is 1. The lowest BCUT2D eigenvalue weighted by molar-refractivity contribution is -0.122. The number of hydrogen-bond donors (Lipinski definition) is 2. The van der Waals surface area contributed by atoms with E-state index in [-0.39, 0.29) is 36.3 Å². The Morgan fingerprint density at radius 1 is 1.15 bits per heavy atom. The third kappa shape index (κ3) is 4.01. The molecule has 0 radical (unpaired) electrons. The van der Waals surface area contributed by atoms with E-state index in [1.54, 1.807) is 24.3 Å². The van der Waals surface area contributed by atoms with E-state index >= 15 is 0 Å². The number of carbonyl (C=O) groups excluding carboxylic acids is 2. The molecular formula is C19H21N3O4S. The van der Waals surface area contributed by atoms with Crippen LogP contribution in [-0.2, 0) is 14.8 Å². The molecule has 2 aromatic carbocycles. The maximum Gasteiger partial charge on any atom is 0.255 e. The molecule has 1 aliphatic rings. The smallest absolute Gasteiger partial charge is 0.255 e. The number of nitrogens with one attached hydrogen (secondary N) is 2. The second kappa shape index (κ2) is 7.50. The fraction of sp³-hybridized carbons (Fsp3) is 0.263. The monoisotopic (exact) mass is 387 g/mol. The molecule has 142 valence electrons. The molecule has 2 amide bonds. The topological polar surface area (TPSA) is 95.6 Å². The third-order valence-electron chi connectivity index (χ3n) is 4.58. The van der Waals surface area contributed by atoms with Crippen molar-refractivity contribution in [2.24, 2.45) is 0 Å². The minimum atomic E-state index is -3.81. The minimum Gasteiger partial charge on any atom is -0.354 e. The van der Waals surface area contributed by atoms with Gasteiger partial charge in [-0.1, -0.05) is 18.2 Å². The Bertz CT molecular complexity index is 1000. The Morgan fingerprint density at radius 3 is 2.63 bits per heavy atom. The first-order chi connectivity index (χ1) is 12.8. The van der Waals surface area contributed by atoms with Crippen molar-refractivity contribution >= 4 is 27.5 Å². The van der Waals surface area contributed by atoms with Gasteiger partial charge >= 0.3 is 0 Å². The summed E-state index contributed by atoms with van der Waals surface area (Å²) in [6.45, 7) is 4.08. The van der Waals surface area contributed by atoms with Gasteiger partial charge in [-0.15, -0.1) is 0 Å². The predicted molar refractivity (Wildman–Crippen MR) is 102 cm³/mol. The van der Waals surface area contributed by atoms with Crippen LogP contribution >= 0.6 is 0 Å². The summed E-state index contributed by atoms with van der Waals surface area (Å²) in [6.07, 6.45) is 0. The van der Waals surface area contributed by atoms with Crippen molar-refractivity contribution in [1.82, 2.24) is 9.62 Å². The number of amides is 2. The third-order valence-corrected chi connectivity index (χ3v) is 6.42. The van der Waals surface area contributed by atoms with Crippen LogP contribution in [0.3, 0.4) is 0 Å². The van der Waals surface area contributed by atoms with E-state index in [9.17, 15) is 18.0 Å². The van der Waals surface area contributed by atoms with Gasteiger partial charge in [-0.25, -0.2) is 8.42 Å². The van der Waals surface area contributed by atoms with Gasteiger partial charge < -0.3 is 10.6 Å². The van der Waals surface area contributed by atoms with E-state index < -0.39 is 10.0 Å². The fourth-order valence-corrected chi connectivity index (χ4v) is 4.34. The number of benzene rings is 2. The van der Waals surface area contributed by atoms with Crippen molar-refractivity contribution in [3.8, 4) is 0 Å². The van der Waals surface area contributed by atoms with Crippen LogP contribution in [-0.4, -0.2) is 44.2 Å². The summed E-state index contributed by atoms with van der Waals surface area (Å²) in [5, 5.41) is 5.35. The zero-order valence-corrected chi connectivity index (χ0v) is 16.0. The van der Waals surface area contributed by atoms with Crippen molar-refractivity contribution in [3.05, 3.63) is 59.2 Å². The first-order valence-corrected chi connectivity index (χ1v) is 9.97. The van der Waals surface area contributed by atoms with Gasteiger partial charge in [0.1, 0.15) is 0 Å². The zero-order chi connectivity index (χ0) is 19.6. The average molecular weight is 387 g/mol. The molecule has 2 N–H and O–H groups in total. The molecule has 27 heavy (non-hydrogen) atoms. The van der Waals surface area contributed by atoms with Crippen LogP contribution in [0.5, 0.6) is 0 Å². The highest BCUT2D eigenvalue weighted by Gasteiger charge is 2.29. The highest BCUT2D eigenvalue weighted by atomic mass is 32.2. The molecule has 1 heterocycles. The summed E-state index contributed by atoms with van der Waals surface area (Å²) in [5.74, 6) is -0.632. The van der Waals surface area contributed by atoms with Gasteiger partial charge in [0.05, 0.1) is 11.4 Å². The molecule has 1 fully saturated rings. The lowest BCUT2D eigenvalue weighted by Gasteiger charge is -2.26. The molecule has 0 spiro atoms. The van der Waals surface area contributed by atoms with Crippen LogP contribution in [0.15, 0.2) is 47.4 Å². The predicted octanol–water partition coefficient (Wildman–Crippen LogP) is 1.68. The van der Waals surface area contributed by atoms with Crippen LogP contribution in [0, 0.1) is 13.8 Å². The standard InChI is InChI=1S/C19H21N3O4S/c1-13-5-3-8-17(14(13)2)19(24)21-15-6-4-7-16(11-15)27(25,26)22-10-9-20-18(23)12-22/h3-8,11H,9-10,12H2,1-2H3,(H,20,23)(H,21,24). The molecule has 0 bridgehead atoms. The Morgan fingerprint density at radius 2 is 1.89 bits per heavy atom. The number of carbonyl (C=O) groups is 2. The van der Waals surface area contributed by atoms with Crippen molar-refractivity contribution in [2.45, 2.75) is 18.7 Å². The normalized spacial score (nSPS) is 15.3.